The van der Waals surface area contributed by atoms with Crippen LogP contribution in [0.5, 0.6) is 0 Å². The average molecular weight is 405 g/mol. The van der Waals surface area contributed by atoms with Gasteiger partial charge in [0.2, 0.25) is 5.91 Å². The van der Waals surface area contributed by atoms with Crippen LogP contribution in [0.2, 0.25) is 0 Å². The number of H-pyrrole nitrogens is 1. The number of aromatic amines is 1. The molecule has 1 aliphatic rings. The molecule has 0 bridgehead atoms. The number of ether oxygens (including phenoxy) is 1. The summed E-state index contributed by atoms with van der Waals surface area (Å²) in [5, 5.41) is 0. The van der Waals surface area contributed by atoms with Crippen LogP contribution in [0, 0.1) is 19.8 Å². The van der Waals surface area contributed by atoms with E-state index in [4.69, 9.17) is 4.74 Å². The summed E-state index contributed by atoms with van der Waals surface area (Å²) in [6.45, 7) is 11.2. The fourth-order valence-electron chi connectivity index (χ4n) is 4.57. The van der Waals surface area contributed by atoms with Crippen molar-refractivity contribution in [3.8, 4) is 0 Å². The number of hydrogen-bond donors (Lipinski definition) is 1. The van der Waals surface area contributed by atoms with Gasteiger partial charge in [0.05, 0.1) is 12.6 Å². The molecule has 1 N–H and O–H groups in total. The highest BCUT2D eigenvalue weighted by Crippen LogP contribution is 2.29. The molecule has 1 atom stereocenters. The van der Waals surface area contributed by atoms with Gasteiger partial charge in [0.1, 0.15) is 5.69 Å². The number of Topliss-reactive ketones (excluding diaryl/α,β-unsaturated/α-hetero) is 1. The van der Waals surface area contributed by atoms with Crippen LogP contribution in [0.15, 0.2) is 0 Å². The van der Waals surface area contributed by atoms with Crippen molar-refractivity contribution >= 4 is 17.7 Å². The molecular weight excluding hydrogens is 368 g/mol. The number of carbonyl (C=O) groups excluding carboxylic acids is 3. The van der Waals surface area contributed by atoms with Crippen LogP contribution < -0.4 is 0 Å². The zero-order valence-corrected chi connectivity index (χ0v) is 18.8. The summed E-state index contributed by atoms with van der Waals surface area (Å²) in [4.78, 5) is 43.2. The maximum absolute atomic E-state index is 13.3. The smallest absolute Gasteiger partial charge is 0.355 e. The van der Waals surface area contributed by atoms with E-state index >= 15 is 0 Å². The van der Waals surface area contributed by atoms with Gasteiger partial charge in [-0.25, -0.2) is 4.79 Å². The van der Waals surface area contributed by atoms with Gasteiger partial charge in [-0.05, 0) is 59.4 Å². The number of rotatable bonds is 9. The Bertz CT molecular complexity index is 744. The second kappa shape index (κ2) is 10.1. The highest BCUT2D eigenvalue weighted by Gasteiger charge is 2.32. The van der Waals surface area contributed by atoms with E-state index in [9.17, 15) is 14.4 Å². The second-order valence-corrected chi connectivity index (χ2v) is 8.47. The third-order valence-corrected chi connectivity index (χ3v) is 6.05. The zero-order valence-electron chi connectivity index (χ0n) is 18.8. The summed E-state index contributed by atoms with van der Waals surface area (Å²) in [5.74, 6) is 0.0624. The van der Waals surface area contributed by atoms with Crippen LogP contribution >= 0.6 is 0 Å². The van der Waals surface area contributed by atoms with Crippen LogP contribution in [0.3, 0.4) is 0 Å². The average Bonchev–Trinajstić information content (AvgIpc) is 3.27. The molecule has 1 aromatic heterocycles. The van der Waals surface area contributed by atoms with E-state index in [1.165, 1.54) is 25.7 Å². The first kappa shape index (κ1) is 23.2. The number of ketones is 1. The standard InChI is InChI=1S/C23H36N2O4/c1-7-29-23(28)21-15(4)20(16(5)24-21)22(27)17(6)25(14(2)3)19(26)13-12-18-10-8-9-11-18/h14,17-18,24H,7-13H2,1-6H3. The third-order valence-electron chi connectivity index (χ3n) is 6.05. The minimum Gasteiger partial charge on any atom is -0.461 e. The number of hydrogen-bond acceptors (Lipinski definition) is 4. The van der Waals surface area contributed by atoms with Crippen molar-refractivity contribution in [3.05, 3.63) is 22.5 Å². The van der Waals surface area contributed by atoms with Gasteiger partial charge in [-0.15, -0.1) is 0 Å². The van der Waals surface area contributed by atoms with E-state index in [1.54, 1.807) is 32.6 Å². The van der Waals surface area contributed by atoms with E-state index in [2.05, 4.69) is 4.98 Å². The van der Waals surface area contributed by atoms with Crippen LogP contribution in [-0.2, 0) is 9.53 Å². The van der Waals surface area contributed by atoms with Crippen molar-refractivity contribution in [2.45, 2.75) is 92.2 Å². The first-order valence-corrected chi connectivity index (χ1v) is 10.9. The van der Waals surface area contributed by atoms with Gasteiger partial charge in [0.25, 0.3) is 0 Å². The molecule has 0 radical (unpaired) electrons. The molecule has 1 aliphatic carbocycles. The van der Waals surface area contributed by atoms with E-state index in [-0.39, 0.29) is 24.3 Å². The molecule has 0 aromatic carbocycles. The summed E-state index contributed by atoms with van der Waals surface area (Å²) in [5.41, 5.74) is 2.00. The number of amides is 1. The molecule has 1 fully saturated rings. The molecule has 1 heterocycles. The molecule has 1 aromatic rings. The number of esters is 1. The maximum atomic E-state index is 13.3. The fourth-order valence-corrected chi connectivity index (χ4v) is 4.57. The molecule has 2 rings (SSSR count). The Balaban J connectivity index is 2.18. The highest BCUT2D eigenvalue weighted by molar-refractivity contribution is 6.06. The summed E-state index contributed by atoms with van der Waals surface area (Å²) < 4.78 is 5.08. The predicted molar refractivity (Wildman–Crippen MR) is 113 cm³/mol. The summed E-state index contributed by atoms with van der Waals surface area (Å²) >= 11 is 0. The summed E-state index contributed by atoms with van der Waals surface area (Å²) in [7, 11) is 0. The van der Waals surface area contributed by atoms with Gasteiger partial charge in [-0.3, -0.25) is 9.59 Å². The minimum absolute atomic E-state index is 0.0317. The molecule has 6 nitrogen and oxygen atoms in total. The van der Waals surface area contributed by atoms with Crippen LogP contribution in [0.25, 0.3) is 0 Å². The van der Waals surface area contributed by atoms with Crippen molar-refractivity contribution in [2.24, 2.45) is 5.92 Å². The number of nitrogens with zero attached hydrogens (tertiary/aromatic N) is 1. The maximum Gasteiger partial charge on any atom is 0.355 e. The second-order valence-electron chi connectivity index (χ2n) is 8.47. The normalized spacial score (nSPS) is 15.6. The van der Waals surface area contributed by atoms with Crippen LogP contribution in [0.1, 0.15) is 98.3 Å². The first-order valence-electron chi connectivity index (χ1n) is 10.9. The topological polar surface area (TPSA) is 79.5 Å². The number of nitrogens with one attached hydrogen (secondary N) is 1. The van der Waals surface area contributed by atoms with Gasteiger partial charge < -0.3 is 14.6 Å². The molecule has 1 saturated carbocycles. The van der Waals surface area contributed by atoms with Crippen molar-refractivity contribution in [2.75, 3.05) is 6.61 Å². The van der Waals surface area contributed by atoms with Gasteiger partial charge in [0.15, 0.2) is 5.78 Å². The summed E-state index contributed by atoms with van der Waals surface area (Å²) in [6, 6.07) is -0.663. The Kier molecular flexibility index (Phi) is 8.05. The summed E-state index contributed by atoms with van der Waals surface area (Å²) in [6.07, 6.45) is 6.33. The van der Waals surface area contributed by atoms with E-state index in [1.807, 2.05) is 13.8 Å². The number of carbonyl (C=O) groups is 3. The molecular formula is C23H36N2O4. The van der Waals surface area contributed by atoms with Gasteiger partial charge >= 0.3 is 5.97 Å². The Hall–Kier alpha value is -2.11. The fraction of sp³-hybridized carbons (Fsp3) is 0.696. The van der Waals surface area contributed by atoms with Gasteiger partial charge in [-0.1, -0.05) is 25.7 Å². The minimum atomic E-state index is -0.589. The lowest BCUT2D eigenvalue weighted by atomic mass is 9.97. The number of aryl methyl sites for hydroxylation is 1. The van der Waals surface area contributed by atoms with Crippen molar-refractivity contribution < 1.29 is 19.1 Å². The predicted octanol–water partition coefficient (Wildman–Crippen LogP) is 4.59. The number of aromatic nitrogens is 1. The zero-order chi connectivity index (χ0) is 21.7. The Labute approximate surface area is 174 Å². The Morgan fingerprint density at radius 1 is 1.14 bits per heavy atom. The lowest BCUT2D eigenvalue weighted by Crippen LogP contribution is -2.47. The first-order chi connectivity index (χ1) is 13.7. The molecule has 162 valence electrons. The molecule has 1 amide bonds. The quantitative estimate of drug-likeness (QED) is 0.482. The van der Waals surface area contributed by atoms with Gasteiger partial charge in [-0.2, -0.15) is 0 Å². The SMILES string of the molecule is CCOC(=O)c1[nH]c(C)c(C(=O)C(C)N(C(=O)CCC2CCCC2)C(C)C)c1C. The molecule has 0 aliphatic heterocycles. The third kappa shape index (κ3) is 5.28. The van der Waals surface area contributed by atoms with Gasteiger partial charge in [0, 0.05) is 23.7 Å². The largest absolute Gasteiger partial charge is 0.461 e. The molecule has 0 saturated heterocycles. The molecule has 6 heteroatoms. The molecule has 29 heavy (non-hydrogen) atoms. The van der Waals surface area contributed by atoms with Crippen molar-refractivity contribution in [1.82, 2.24) is 9.88 Å². The van der Waals surface area contributed by atoms with Crippen LogP contribution in [0.4, 0.5) is 0 Å². The van der Waals surface area contributed by atoms with Crippen molar-refractivity contribution in [1.29, 1.82) is 0 Å². The van der Waals surface area contributed by atoms with Crippen molar-refractivity contribution in [3.63, 3.8) is 0 Å². The van der Waals surface area contributed by atoms with E-state index in [0.717, 1.165) is 6.42 Å². The molecule has 1 unspecified atom stereocenters. The Morgan fingerprint density at radius 2 is 1.76 bits per heavy atom. The highest BCUT2D eigenvalue weighted by atomic mass is 16.5. The lowest BCUT2D eigenvalue weighted by Gasteiger charge is -2.32. The monoisotopic (exact) mass is 404 g/mol. The van der Waals surface area contributed by atoms with E-state index in [0.29, 0.717) is 34.9 Å². The molecule has 0 spiro atoms. The van der Waals surface area contributed by atoms with E-state index < -0.39 is 12.0 Å². The Morgan fingerprint density at radius 3 is 2.31 bits per heavy atom. The van der Waals surface area contributed by atoms with Crippen LogP contribution in [-0.4, -0.2) is 46.2 Å². The lowest BCUT2D eigenvalue weighted by molar-refractivity contribution is -0.134.